The van der Waals surface area contributed by atoms with E-state index in [2.05, 4.69) is 10.3 Å². The molecule has 1 aliphatic heterocycles. The SMILES string of the molecule is OC1CCC(Oc2nccc3c2CNCC3)C1O. The highest BCUT2D eigenvalue weighted by atomic mass is 16.5. The highest BCUT2D eigenvalue weighted by Gasteiger charge is 2.35. The molecule has 18 heavy (non-hydrogen) atoms. The van der Waals surface area contributed by atoms with E-state index in [1.807, 2.05) is 6.07 Å². The summed E-state index contributed by atoms with van der Waals surface area (Å²) >= 11 is 0. The zero-order valence-electron chi connectivity index (χ0n) is 10.2. The molecule has 98 valence electrons. The lowest BCUT2D eigenvalue weighted by Gasteiger charge is -2.23. The highest BCUT2D eigenvalue weighted by Crippen LogP contribution is 2.28. The second-order valence-corrected chi connectivity index (χ2v) is 4.97. The standard InChI is InChI=1S/C13H18N2O3/c16-10-1-2-11(12(10)17)18-13-9-7-14-5-3-8(9)4-6-15-13/h4,6,10-12,14,16-17H,1-3,5,7H2. The Morgan fingerprint density at radius 1 is 1.33 bits per heavy atom. The normalized spacial score (nSPS) is 31.1. The number of aliphatic hydroxyl groups is 2. The predicted octanol–water partition coefficient (Wildman–Crippen LogP) is -0.00970. The molecule has 0 aromatic carbocycles. The summed E-state index contributed by atoms with van der Waals surface area (Å²) in [5, 5.41) is 22.6. The summed E-state index contributed by atoms with van der Waals surface area (Å²) in [6, 6.07) is 2.02. The van der Waals surface area contributed by atoms with E-state index in [-0.39, 0.29) is 6.10 Å². The van der Waals surface area contributed by atoms with Gasteiger partial charge < -0.3 is 20.3 Å². The monoisotopic (exact) mass is 250 g/mol. The second-order valence-electron chi connectivity index (χ2n) is 4.97. The Morgan fingerprint density at radius 3 is 3.00 bits per heavy atom. The van der Waals surface area contributed by atoms with Crippen molar-refractivity contribution in [3.8, 4) is 5.88 Å². The Kier molecular flexibility index (Phi) is 3.20. The molecule has 5 heteroatoms. The first-order chi connectivity index (χ1) is 8.75. The summed E-state index contributed by atoms with van der Waals surface area (Å²) in [7, 11) is 0. The second kappa shape index (κ2) is 4.84. The lowest BCUT2D eigenvalue weighted by atomic mass is 10.0. The van der Waals surface area contributed by atoms with E-state index in [4.69, 9.17) is 4.74 Å². The molecular formula is C13H18N2O3. The average molecular weight is 250 g/mol. The molecule has 0 amide bonds. The molecule has 1 fully saturated rings. The maximum atomic E-state index is 9.80. The van der Waals surface area contributed by atoms with Crippen LogP contribution in [0.5, 0.6) is 5.88 Å². The number of aromatic nitrogens is 1. The fourth-order valence-corrected chi connectivity index (χ4v) is 2.67. The van der Waals surface area contributed by atoms with E-state index in [1.165, 1.54) is 5.56 Å². The van der Waals surface area contributed by atoms with Gasteiger partial charge in [-0.2, -0.15) is 0 Å². The van der Waals surface area contributed by atoms with Gasteiger partial charge in [0.1, 0.15) is 12.2 Å². The third-order valence-electron chi connectivity index (χ3n) is 3.77. The number of hydrogen-bond acceptors (Lipinski definition) is 5. The van der Waals surface area contributed by atoms with Crippen LogP contribution < -0.4 is 10.1 Å². The molecule has 0 saturated heterocycles. The average Bonchev–Trinajstić information content (AvgIpc) is 2.71. The summed E-state index contributed by atoms with van der Waals surface area (Å²) in [4.78, 5) is 4.26. The lowest BCUT2D eigenvalue weighted by molar-refractivity contribution is -0.0105. The first kappa shape index (κ1) is 11.9. The van der Waals surface area contributed by atoms with Crippen molar-refractivity contribution in [1.82, 2.24) is 10.3 Å². The van der Waals surface area contributed by atoms with Gasteiger partial charge in [-0.15, -0.1) is 0 Å². The first-order valence-corrected chi connectivity index (χ1v) is 6.46. The number of nitrogens with one attached hydrogen (secondary N) is 1. The maximum absolute atomic E-state index is 9.80. The zero-order valence-corrected chi connectivity index (χ0v) is 10.2. The van der Waals surface area contributed by atoms with Crippen LogP contribution in [-0.2, 0) is 13.0 Å². The lowest BCUT2D eigenvalue weighted by Crippen LogP contribution is -2.34. The van der Waals surface area contributed by atoms with Gasteiger partial charge in [-0.1, -0.05) is 0 Å². The van der Waals surface area contributed by atoms with Crippen LogP contribution in [0, 0.1) is 0 Å². The summed E-state index contributed by atoms with van der Waals surface area (Å²) in [6.45, 7) is 1.73. The molecule has 1 saturated carbocycles. The van der Waals surface area contributed by atoms with Gasteiger partial charge in [0.25, 0.3) is 0 Å². The molecule has 5 nitrogen and oxygen atoms in total. The van der Waals surface area contributed by atoms with Crippen molar-refractivity contribution in [2.75, 3.05) is 6.54 Å². The third kappa shape index (κ3) is 2.09. The molecule has 0 spiro atoms. The predicted molar refractivity (Wildman–Crippen MR) is 65.3 cm³/mol. The molecule has 3 atom stereocenters. The van der Waals surface area contributed by atoms with Crippen LogP contribution in [0.1, 0.15) is 24.0 Å². The van der Waals surface area contributed by atoms with E-state index in [1.54, 1.807) is 6.20 Å². The first-order valence-electron chi connectivity index (χ1n) is 6.46. The number of hydrogen-bond donors (Lipinski definition) is 3. The summed E-state index contributed by atoms with van der Waals surface area (Å²) in [5.41, 5.74) is 2.34. The molecule has 3 unspecified atom stereocenters. The van der Waals surface area contributed by atoms with Gasteiger partial charge in [0.2, 0.25) is 5.88 Å². The van der Waals surface area contributed by atoms with Gasteiger partial charge in [-0.3, -0.25) is 0 Å². The molecule has 1 aromatic heterocycles. The minimum Gasteiger partial charge on any atom is -0.471 e. The van der Waals surface area contributed by atoms with Gasteiger partial charge in [-0.05, 0) is 37.4 Å². The van der Waals surface area contributed by atoms with Crippen molar-refractivity contribution in [3.63, 3.8) is 0 Å². The van der Waals surface area contributed by atoms with Gasteiger partial charge in [0, 0.05) is 18.3 Å². The van der Waals surface area contributed by atoms with Crippen molar-refractivity contribution in [2.45, 2.75) is 44.1 Å². The minimum absolute atomic E-state index is 0.346. The van der Waals surface area contributed by atoms with Gasteiger partial charge in [-0.25, -0.2) is 4.98 Å². The molecular weight excluding hydrogens is 232 g/mol. The summed E-state index contributed by atoms with van der Waals surface area (Å²) < 4.78 is 5.80. The Morgan fingerprint density at radius 2 is 2.22 bits per heavy atom. The van der Waals surface area contributed by atoms with Crippen molar-refractivity contribution in [3.05, 3.63) is 23.4 Å². The molecule has 2 heterocycles. The van der Waals surface area contributed by atoms with E-state index in [9.17, 15) is 10.2 Å². The Hall–Kier alpha value is -1.17. The minimum atomic E-state index is -0.806. The summed E-state index contributed by atoms with van der Waals surface area (Å²) in [6.07, 6.45) is 2.15. The van der Waals surface area contributed by atoms with Crippen LogP contribution in [0.3, 0.4) is 0 Å². The third-order valence-corrected chi connectivity index (χ3v) is 3.77. The van der Waals surface area contributed by atoms with Crippen molar-refractivity contribution in [1.29, 1.82) is 0 Å². The van der Waals surface area contributed by atoms with Crippen LogP contribution in [0.15, 0.2) is 12.3 Å². The molecule has 3 N–H and O–H groups in total. The van der Waals surface area contributed by atoms with Crippen LogP contribution in [0.4, 0.5) is 0 Å². The van der Waals surface area contributed by atoms with Crippen molar-refractivity contribution >= 4 is 0 Å². The quantitative estimate of drug-likeness (QED) is 0.688. The Labute approximate surface area is 106 Å². The topological polar surface area (TPSA) is 74.6 Å². The molecule has 3 rings (SSSR count). The van der Waals surface area contributed by atoms with Crippen molar-refractivity contribution in [2.24, 2.45) is 0 Å². The summed E-state index contributed by atoms with van der Waals surface area (Å²) in [5.74, 6) is 0.595. The molecule has 2 aliphatic rings. The number of pyridine rings is 1. The molecule has 1 aliphatic carbocycles. The van der Waals surface area contributed by atoms with E-state index >= 15 is 0 Å². The zero-order chi connectivity index (χ0) is 12.5. The number of ether oxygens (including phenoxy) is 1. The van der Waals surface area contributed by atoms with Gasteiger partial charge >= 0.3 is 0 Å². The highest BCUT2D eigenvalue weighted by molar-refractivity contribution is 5.36. The van der Waals surface area contributed by atoms with E-state index < -0.39 is 12.2 Å². The smallest absolute Gasteiger partial charge is 0.218 e. The van der Waals surface area contributed by atoms with E-state index in [0.29, 0.717) is 18.7 Å². The van der Waals surface area contributed by atoms with Crippen molar-refractivity contribution < 1.29 is 14.9 Å². The molecule has 1 aromatic rings. The molecule has 0 bridgehead atoms. The Bertz CT molecular complexity index is 438. The Balaban J connectivity index is 1.80. The number of nitrogens with zero attached hydrogens (tertiary/aromatic N) is 1. The van der Waals surface area contributed by atoms with Crippen LogP contribution in [-0.4, -0.2) is 40.1 Å². The van der Waals surface area contributed by atoms with Gasteiger partial charge in [0.05, 0.1) is 6.10 Å². The van der Waals surface area contributed by atoms with Crippen LogP contribution in [0.25, 0.3) is 0 Å². The van der Waals surface area contributed by atoms with E-state index in [0.717, 1.165) is 25.1 Å². The number of rotatable bonds is 2. The largest absolute Gasteiger partial charge is 0.471 e. The molecule has 0 radical (unpaired) electrons. The number of aliphatic hydroxyl groups excluding tert-OH is 2. The fraction of sp³-hybridized carbons (Fsp3) is 0.615. The van der Waals surface area contributed by atoms with Gasteiger partial charge in [0.15, 0.2) is 0 Å². The van der Waals surface area contributed by atoms with Crippen LogP contribution in [0.2, 0.25) is 0 Å². The van der Waals surface area contributed by atoms with Crippen LogP contribution >= 0.6 is 0 Å². The fourth-order valence-electron chi connectivity index (χ4n) is 2.67. The number of fused-ring (bicyclic) bond motifs is 1. The maximum Gasteiger partial charge on any atom is 0.218 e.